The summed E-state index contributed by atoms with van der Waals surface area (Å²) in [4.78, 5) is 0. The third-order valence-electron chi connectivity index (χ3n) is 4.27. The van der Waals surface area contributed by atoms with Gasteiger partial charge in [-0.2, -0.15) is 10.2 Å². The molecule has 1 saturated carbocycles. The molecule has 1 fully saturated rings. The van der Waals surface area contributed by atoms with Gasteiger partial charge in [-0.3, -0.25) is 9.36 Å². The molecule has 0 unspecified atom stereocenters. The lowest BCUT2D eigenvalue weighted by Crippen LogP contribution is -2.18. The minimum atomic E-state index is 0.628. The highest BCUT2D eigenvalue weighted by atomic mass is 15.3. The number of rotatable bonds is 6. The fourth-order valence-corrected chi connectivity index (χ4v) is 3.07. The highest BCUT2D eigenvalue weighted by molar-refractivity contribution is 5.04. The molecule has 5 heteroatoms. The van der Waals surface area contributed by atoms with Crippen LogP contribution in [0.5, 0.6) is 0 Å². The molecular formula is C16H25N5. The van der Waals surface area contributed by atoms with Crippen LogP contribution in [-0.4, -0.2) is 26.1 Å². The second-order valence-electron chi connectivity index (χ2n) is 6.03. The summed E-state index contributed by atoms with van der Waals surface area (Å²) in [5.41, 5.74) is 2.42. The van der Waals surface area contributed by atoms with Crippen LogP contribution in [0.2, 0.25) is 0 Å². The van der Waals surface area contributed by atoms with Gasteiger partial charge in [-0.05, 0) is 37.4 Å². The molecule has 114 valence electrons. The number of aryl methyl sites for hydroxylation is 1. The first-order valence-electron chi connectivity index (χ1n) is 8.03. The van der Waals surface area contributed by atoms with Gasteiger partial charge in [0.2, 0.25) is 0 Å². The topological polar surface area (TPSA) is 47.7 Å². The van der Waals surface area contributed by atoms with E-state index >= 15 is 0 Å². The van der Waals surface area contributed by atoms with Crippen molar-refractivity contribution in [2.45, 2.75) is 51.1 Å². The summed E-state index contributed by atoms with van der Waals surface area (Å²) in [6.45, 7) is 1.81. The monoisotopic (exact) mass is 287 g/mol. The fourth-order valence-electron chi connectivity index (χ4n) is 3.07. The van der Waals surface area contributed by atoms with Gasteiger partial charge in [0.1, 0.15) is 0 Å². The molecule has 0 amide bonds. The second kappa shape index (κ2) is 6.89. The molecule has 2 aromatic rings. The van der Waals surface area contributed by atoms with Crippen LogP contribution in [0.3, 0.4) is 0 Å². The Hall–Kier alpha value is -1.62. The molecule has 0 aromatic carbocycles. The lowest BCUT2D eigenvalue weighted by molar-refractivity contribution is 0.327. The Bertz CT molecular complexity index is 551. The summed E-state index contributed by atoms with van der Waals surface area (Å²) in [6.07, 6.45) is 13.8. The first-order chi connectivity index (χ1) is 10.3. The Kier molecular flexibility index (Phi) is 4.70. The number of nitrogens with zero attached hydrogens (tertiary/aromatic N) is 4. The predicted molar refractivity (Wildman–Crippen MR) is 83.0 cm³/mol. The third-order valence-corrected chi connectivity index (χ3v) is 4.27. The van der Waals surface area contributed by atoms with Crippen molar-refractivity contribution in [1.29, 1.82) is 0 Å². The third kappa shape index (κ3) is 3.94. The first kappa shape index (κ1) is 14.3. The Balaban J connectivity index is 1.42. The number of nitrogens with one attached hydrogen (secondary N) is 1. The summed E-state index contributed by atoms with van der Waals surface area (Å²) in [5, 5.41) is 12.4. The summed E-state index contributed by atoms with van der Waals surface area (Å²) >= 11 is 0. The molecule has 1 N–H and O–H groups in total. The van der Waals surface area contributed by atoms with Crippen LogP contribution in [-0.2, 0) is 20.0 Å². The van der Waals surface area contributed by atoms with Crippen molar-refractivity contribution in [2.24, 2.45) is 7.05 Å². The minimum Gasteiger partial charge on any atom is -0.311 e. The van der Waals surface area contributed by atoms with Crippen LogP contribution in [0.25, 0.3) is 0 Å². The van der Waals surface area contributed by atoms with Gasteiger partial charge in [0.15, 0.2) is 0 Å². The summed E-state index contributed by atoms with van der Waals surface area (Å²) < 4.78 is 4.03. The molecule has 0 spiro atoms. The van der Waals surface area contributed by atoms with Crippen molar-refractivity contribution in [3.63, 3.8) is 0 Å². The zero-order valence-electron chi connectivity index (χ0n) is 12.8. The number of hydrogen-bond donors (Lipinski definition) is 1. The van der Waals surface area contributed by atoms with E-state index in [1.165, 1.54) is 37.7 Å². The van der Waals surface area contributed by atoms with Gasteiger partial charge in [-0.1, -0.05) is 19.3 Å². The molecule has 0 bridgehead atoms. The maximum absolute atomic E-state index is 4.72. The zero-order chi connectivity index (χ0) is 14.5. The minimum absolute atomic E-state index is 0.628. The van der Waals surface area contributed by atoms with Crippen molar-refractivity contribution in [1.82, 2.24) is 24.9 Å². The lowest BCUT2D eigenvalue weighted by Gasteiger charge is -2.21. The second-order valence-corrected chi connectivity index (χ2v) is 6.03. The van der Waals surface area contributed by atoms with E-state index in [-0.39, 0.29) is 0 Å². The van der Waals surface area contributed by atoms with Crippen LogP contribution in [0.1, 0.15) is 49.4 Å². The van der Waals surface area contributed by atoms with E-state index in [9.17, 15) is 0 Å². The van der Waals surface area contributed by atoms with Gasteiger partial charge in [-0.25, -0.2) is 0 Å². The SMILES string of the molecule is Cn1cc(CCNCc2ccn(C3CCCCC3)n2)cn1. The maximum Gasteiger partial charge on any atom is 0.0762 e. The largest absolute Gasteiger partial charge is 0.311 e. The molecule has 21 heavy (non-hydrogen) atoms. The highest BCUT2D eigenvalue weighted by Gasteiger charge is 2.15. The molecule has 2 heterocycles. The smallest absolute Gasteiger partial charge is 0.0762 e. The Morgan fingerprint density at radius 1 is 1.29 bits per heavy atom. The highest BCUT2D eigenvalue weighted by Crippen LogP contribution is 2.27. The Morgan fingerprint density at radius 2 is 2.14 bits per heavy atom. The molecule has 3 rings (SSSR count). The van der Waals surface area contributed by atoms with E-state index in [1.54, 1.807) is 0 Å². The summed E-state index contributed by atoms with van der Waals surface area (Å²) in [5.74, 6) is 0. The van der Waals surface area contributed by atoms with E-state index in [2.05, 4.69) is 33.6 Å². The predicted octanol–water partition coefficient (Wildman–Crippen LogP) is 2.45. The van der Waals surface area contributed by atoms with Gasteiger partial charge in [0.25, 0.3) is 0 Å². The van der Waals surface area contributed by atoms with Gasteiger partial charge in [-0.15, -0.1) is 0 Å². The molecule has 0 saturated heterocycles. The van der Waals surface area contributed by atoms with Crippen molar-refractivity contribution < 1.29 is 0 Å². The Morgan fingerprint density at radius 3 is 2.90 bits per heavy atom. The van der Waals surface area contributed by atoms with Gasteiger partial charge in [0.05, 0.1) is 17.9 Å². The van der Waals surface area contributed by atoms with Crippen LogP contribution in [0.4, 0.5) is 0 Å². The standard InChI is InChI=1S/C16H25N5/c1-20-13-14(11-18-20)7-9-17-12-15-8-10-21(19-15)16-5-3-2-4-6-16/h8,10-11,13,16-17H,2-7,9,12H2,1H3. The molecule has 2 aromatic heterocycles. The van der Waals surface area contributed by atoms with Crippen molar-refractivity contribution in [2.75, 3.05) is 6.54 Å². The van der Waals surface area contributed by atoms with Gasteiger partial charge < -0.3 is 5.32 Å². The van der Waals surface area contributed by atoms with Gasteiger partial charge in [0, 0.05) is 26.0 Å². The quantitative estimate of drug-likeness (QED) is 0.830. The average molecular weight is 287 g/mol. The molecule has 5 nitrogen and oxygen atoms in total. The van der Waals surface area contributed by atoms with Crippen molar-refractivity contribution >= 4 is 0 Å². The fraction of sp³-hybridized carbons (Fsp3) is 0.625. The zero-order valence-corrected chi connectivity index (χ0v) is 12.8. The molecule has 0 aliphatic heterocycles. The molecular weight excluding hydrogens is 262 g/mol. The lowest BCUT2D eigenvalue weighted by atomic mass is 9.96. The van der Waals surface area contributed by atoms with Crippen LogP contribution < -0.4 is 5.32 Å². The number of hydrogen-bond acceptors (Lipinski definition) is 3. The Labute approximate surface area is 126 Å². The average Bonchev–Trinajstić information content (AvgIpc) is 3.14. The van der Waals surface area contributed by atoms with E-state index < -0.39 is 0 Å². The van der Waals surface area contributed by atoms with Crippen LogP contribution in [0, 0.1) is 0 Å². The summed E-state index contributed by atoms with van der Waals surface area (Å²) in [6, 6.07) is 2.77. The van der Waals surface area contributed by atoms with Crippen LogP contribution >= 0.6 is 0 Å². The van der Waals surface area contributed by atoms with Crippen molar-refractivity contribution in [3.8, 4) is 0 Å². The first-order valence-corrected chi connectivity index (χ1v) is 8.03. The molecule has 1 aliphatic carbocycles. The molecule has 0 radical (unpaired) electrons. The van der Waals surface area contributed by atoms with E-state index in [4.69, 9.17) is 5.10 Å². The molecule has 0 atom stereocenters. The van der Waals surface area contributed by atoms with Gasteiger partial charge >= 0.3 is 0 Å². The van der Waals surface area contributed by atoms with E-state index in [0.717, 1.165) is 25.2 Å². The molecule has 1 aliphatic rings. The maximum atomic E-state index is 4.72. The van der Waals surface area contributed by atoms with Crippen molar-refractivity contribution in [3.05, 3.63) is 35.9 Å². The number of aromatic nitrogens is 4. The van der Waals surface area contributed by atoms with E-state index in [0.29, 0.717) is 6.04 Å². The normalized spacial score (nSPS) is 16.4. The van der Waals surface area contributed by atoms with E-state index in [1.807, 2.05) is 17.9 Å². The summed E-state index contributed by atoms with van der Waals surface area (Å²) in [7, 11) is 1.95. The van der Waals surface area contributed by atoms with Crippen LogP contribution in [0.15, 0.2) is 24.7 Å².